The van der Waals surface area contributed by atoms with Gasteiger partial charge in [0.1, 0.15) is 0 Å². The number of rotatable bonds is 6. The smallest absolute Gasteiger partial charge is 0.243 e. The van der Waals surface area contributed by atoms with Crippen molar-refractivity contribution in [1.82, 2.24) is 15.0 Å². The Morgan fingerprint density at radius 1 is 1.26 bits per heavy atom. The van der Waals surface area contributed by atoms with E-state index >= 15 is 0 Å². The van der Waals surface area contributed by atoms with Gasteiger partial charge < -0.3 is 15.3 Å². The van der Waals surface area contributed by atoms with Crippen molar-refractivity contribution in [2.24, 2.45) is 5.84 Å². The lowest BCUT2D eigenvalue weighted by Crippen LogP contribution is -2.25. The van der Waals surface area contributed by atoms with Crippen LogP contribution in [0.15, 0.2) is 0 Å². The summed E-state index contributed by atoms with van der Waals surface area (Å²) in [5.41, 5.74) is 2.44. The molecule has 2 rings (SSSR count). The molecule has 0 radical (unpaired) electrons. The number of hydrogen-bond donors (Lipinski definition) is 4. The summed E-state index contributed by atoms with van der Waals surface area (Å²) in [6.45, 7) is 4.22. The third-order valence-electron chi connectivity index (χ3n) is 3.11. The highest BCUT2D eigenvalue weighted by molar-refractivity contribution is 5.43. The van der Waals surface area contributed by atoms with Gasteiger partial charge in [0.05, 0.1) is 6.10 Å². The second-order valence-corrected chi connectivity index (χ2v) is 4.56. The van der Waals surface area contributed by atoms with Gasteiger partial charge in [0, 0.05) is 19.6 Å². The van der Waals surface area contributed by atoms with Crippen LogP contribution in [-0.4, -0.2) is 45.8 Å². The molecule has 1 atom stereocenters. The lowest BCUT2D eigenvalue weighted by Gasteiger charge is -2.17. The van der Waals surface area contributed by atoms with Crippen LogP contribution in [0, 0.1) is 0 Å². The van der Waals surface area contributed by atoms with Crippen LogP contribution in [0.2, 0.25) is 0 Å². The molecular weight excluding hydrogens is 246 g/mol. The maximum atomic E-state index is 9.54. The van der Waals surface area contributed by atoms with Crippen molar-refractivity contribution in [3.05, 3.63) is 0 Å². The Labute approximate surface area is 112 Å². The Morgan fingerprint density at radius 3 is 2.58 bits per heavy atom. The summed E-state index contributed by atoms with van der Waals surface area (Å²) in [4.78, 5) is 14.8. The lowest BCUT2D eigenvalue weighted by atomic mass is 10.3. The number of nitrogen functional groups attached to an aromatic ring is 1. The maximum Gasteiger partial charge on any atom is 0.243 e. The zero-order chi connectivity index (χ0) is 13.7. The first-order valence-corrected chi connectivity index (χ1v) is 6.62. The highest BCUT2D eigenvalue weighted by atomic mass is 16.3. The monoisotopic (exact) mass is 267 g/mol. The minimum Gasteiger partial charge on any atom is -0.391 e. The summed E-state index contributed by atoms with van der Waals surface area (Å²) in [5.74, 6) is 6.74. The fourth-order valence-corrected chi connectivity index (χ4v) is 1.92. The third kappa shape index (κ3) is 3.65. The molecule has 106 valence electrons. The number of hydrazine groups is 1. The van der Waals surface area contributed by atoms with Crippen molar-refractivity contribution in [2.45, 2.75) is 32.3 Å². The zero-order valence-corrected chi connectivity index (χ0v) is 11.1. The summed E-state index contributed by atoms with van der Waals surface area (Å²) in [7, 11) is 0. The summed E-state index contributed by atoms with van der Waals surface area (Å²) in [6.07, 6.45) is 2.56. The molecule has 8 heteroatoms. The summed E-state index contributed by atoms with van der Waals surface area (Å²) >= 11 is 0. The van der Waals surface area contributed by atoms with Gasteiger partial charge in [0.2, 0.25) is 17.8 Å². The second kappa shape index (κ2) is 6.48. The predicted molar refractivity (Wildman–Crippen MR) is 73.9 cm³/mol. The van der Waals surface area contributed by atoms with E-state index in [4.69, 9.17) is 5.84 Å². The van der Waals surface area contributed by atoms with E-state index in [0.717, 1.165) is 25.9 Å². The van der Waals surface area contributed by atoms with E-state index in [1.54, 1.807) is 0 Å². The van der Waals surface area contributed by atoms with Crippen molar-refractivity contribution in [1.29, 1.82) is 0 Å². The van der Waals surface area contributed by atoms with E-state index in [1.807, 2.05) is 6.92 Å². The van der Waals surface area contributed by atoms with Crippen molar-refractivity contribution >= 4 is 17.8 Å². The van der Waals surface area contributed by atoms with Crippen LogP contribution < -0.4 is 21.5 Å². The summed E-state index contributed by atoms with van der Waals surface area (Å²) in [6, 6.07) is 0. The minimum atomic E-state index is -0.415. The molecule has 2 heterocycles. The maximum absolute atomic E-state index is 9.54. The van der Waals surface area contributed by atoms with Gasteiger partial charge in [-0.1, -0.05) is 6.92 Å². The molecule has 5 N–H and O–H groups in total. The van der Waals surface area contributed by atoms with Gasteiger partial charge in [-0.3, -0.25) is 5.43 Å². The van der Waals surface area contributed by atoms with Gasteiger partial charge in [0.15, 0.2) is 0 Å². The van der Waals surface area contributed by atoms with Gasteiger partial charge in [-0.05, 0) is 19.3 Å². The van der Waals surface area contributed by atoms with Gasteiger partial charge in [-0.15, -0.1) is 0 Å². The predicted octanol–water partition coefficient (Wildman–Crippen LogP) is -0.0598. The van der Waals surface area contributed by atoms with Crippen LogP contribution in [0.3, 0.4) is 0 Å². The highest BCUT2D eigenvalue weighted by Gasteiger charge is 2.17. The number of nitrogens with one attached hydrogen (secondary N) is 2. The summed E-state index contributed by atoms with van der Waals surface area (Å²) < 4.78 is 0. The van der Waals surface area contributed by atoms with Crippen LogP contribution in [-0.2, 0) is 0 Å². The Morgan fingerprint density at radius 2 is 1.95 bits per heavy atom. The molecule has 0 spiro atoms. The van der Waals surface area contributed by atoms with Gasteiger partial charge >= 0.3 is 0 Å². The van der Waals surface area contributed by atoms with Crippen LogP contribution in [0.5, 0.6) is 0 Å². The third-order valence-corrected chi connectivity index (χ3v) is 3.11. The quantitative estimate of drug-likeness (QED) is 0.419. The molecular formula is C11H21N7O. The van der Waals surface area contributed by atoms with Gasteiger partial charge in [0.25, 0.3) is 0 Å². The highest BCUT2D eigenvalue weighted by Crippen LogP contribution is 2.18. The van der Waals surface area contributed by atoms with E-state index < -0.39 is 6.10 Å². The van der Waals surface area contributed by atoms with E-state index in [2.05, 4.69) is 30.6 Å². The average Bonchev–Trinajstić information content (AvgIpc) is 2.98. The van der Waals surface area contributed by atoms with Crippen LogP contribution in [0.25, 0.3) is 0 Å². The van der Waals surface area contributed by atoms with E-state index in [9.17, 15) is 5.11 Å². The summed E-state index contributed by atoms with van der Waals surface area (Å²) in [5, 5.41) is 12.5. The number of aliphatic hydroxyl groups is 1. The van der Waals surface area contributed by atoms with E-state index in [0.29, 0.717) is 30.8 Å². The Balaban J connectivity index is 2.11. The number of aromatic nitrogens is 3. The molecule has 1 aliphatic heterocycles. The van der Waals surface area contributed by atoms with Crippen molar-refractivity contribution in [3.8, 4) is 0 Å². The number of aliphatic hydroxyl groups excluding tert-OH is 1. The zero-order valence-electron chi connectivity index (χ0n) is 11.1. The first-order valence-electron chi connectivity index (χ1n) is 6.62. The van der Waals surface area contributed by atoms with E-state index in [-0.39, 0.29) is 0 Å². The first-order chi connectivity index (χ1) is 9.22. The average molecular weight is 267 g/mol. The Kier molecular flexibility index (Phi) is 4.69. The van der Waals surface area contributed by atoms with Crippen LogP contribution >= 0.6 is 0 Å². The molecule has 0 saturated carbocycles. The first kappa shape index (κ1) is 13.8. The molecule has 0 amide bonds. The number of anilines is 3. The molecule has 1 aromatic heterocycles. The fourth-order valence-electron chi connectivity index (χ4n) is 1.92. The lowest BCUT2D eigenvalue weighted by molar-refractivity contribution is 0.183. The van der Waals surface area contributed by atoms with E-state index in [1.165, 1.54) is 0 Å². The van der Waals surface area contributed by atoms with Crippen LogP contribution in [0.4, 0.5) is 17.8 Å². The largest absolute Gasteiger partial charge is 0.391 e. The molecule has 1 saturated heterocycles. The fraction of sp³-hybridized carbons (Fsp3) is 0.727. The Hall–Kier alpha value is -1.67. The van der Waals surface area contributed by atoms with Gasteiger partial charge in [-0.2, -0.15) is 15.0 Å². The molecule has 0 bridgehead atoms. The standard InChI is InChI=1S/C11H21N7O/c1-2-8(19)7-13-9-14-10(17-12)16-11(15-9)18-5-3-4-6-18/h8,19H,2-7,12H2,1H3,(H2,13,14,15,16,17). The molecule has 0 aromatic carbocycles. The van der Waals surface area contributed by atoms with Crippen molar-refractivity contribution < 1.29 is 5.11 Å². The second-order valence-electron chi connectivity index (χ2n) is 4.56. The molecule has 1 fully saturated rings. The molecule has 0 aliphatic carbocycles. The molecule has 19 heavy (non-hydrogen) atoms. The van der Waals surface area contributed by atoms with Crippen LogP contribution in [0.1, 0.15) is 26.2 Å². The molecule has 1 aromatic rings. The topological polar surface area (TPSA) is 112 Å². The molecule has 1 aliphatic rings. The SMILES string of the molecule is CCC(O)CNc1nc(NN)nc(N2CCCC2)n1. The van der Waals surface area contributed by atoms with Crippen molar-refractivity contribution in [3.63, 3.8) is 0 Å². The minimum absolute atomic E-state index is 0.324. The normalized spacial score (nSPS) is 16.5. The molecule has 8 nitrogen and oxygen atoms in total. The number of nitrogens with two attached hydrogens (primary N) is 1. The Bertz CT molecular complexity index is 408. The molecule has 1 unspecified atom stereocenters. The number of nitrogens with zero attached hydrogens (tertiary/aromatic N) is 4. The number of hydrogen-bond acceptors (Lipinski definition) is 8. The van der Waals surface area contributed by atoms with Gasteiger partial charge in [-0.25, -0.2) is 5.84 Å². The van der Waals surface area contributed by atoms with Crippen molar-refractivity contribution in [2.75, 3.05) is 35.3 Å².